The van der Waals surface area contributed by atoms with E-state index in [1.165, 1.54) is 48.4 Å². The third-order valence-electron chi connectivity index (χ3n) is 3.54. The van der Waals surface area contributed by atoms with E-state index in [1.807, 2.05) is 0 Å². The average molecular weight is 188 g/mol. The van der Waals surface area contributed by atoms with Gasteiger partial charge in [-0.1, -0.05) is 0 Å². The molecule has 2 aliphatic heterocycles. The minimum absolute atomic E-state index is 1.18. The minimum atomic E-state index is 1.18. The van der Waals surface area contributed by atoms with Crippen molar-refractivity contribution in [1.82, 2.24) is 0 Å². The van der Waals surface area contributed by atoms with E-state index in [-0.39, 0.29) is 0 Å². The minimum Gasteiger partial charge on any atom is -0.374 e. The van der Waals surface area contributed by atoms with Crippen LogP contribution >= 0.6 is 0 Å². The average Bonchev–Trinajstić information content (AvgIpc) is 2.71. The first-order chi connectivity index (χ1) is 6.75. The Bertz CT molecular complexity index is 346. The molecule has 0 amide bonds. The van der Waals surface area contributed by atoms with Crippen LogP contribution in [0.4, 0.5) is 11.4 Å². The van der Waals surface area contributed by atoms with E-state index in [4.69, 9.17) is 0 Å². The first-order valence-electron chi connectivity index (χ1n) is 5.34. The molecule has 2 heteroatoms. The van der Waals surface area contributed by atoms with E-state index < -0.39 is 0 Å². The molecule has 1 aromatic carbocycles. The molecule has 2 nitrogen and oxygen atoms in total. The van der Waals surface area contributed by atoms with Gasteiger partial charge >= 0.3 is 0 Å². The molecule has 0 saturated carbocycles. The highest BCUT2D eigenvalue weighted by atomic mass is 15.1. The van der Waals surface area contributed by atoms with Crippen molar-refractivity contribution in [3.63, 3.8) is 0 Å². The van der Waals surface area contributed by atoms with Gasteiger partial charge in [-0.05, 0) is 36.1 Å². The van der Waals surface area contributed by atoms with Crippen molar-refractivity contribution >= 4 is 11.4 Å². The van der Waals surface area contributed by atoms with Gasteiger partial charge in [0, 0.05) is 38.6 Å². The number of hydrogen-bond donors (Lipinski definition) is 0. The molecule has 0 spiro atoms. The van der Waals surface area contributed by atoms with Crippen molar-refractivity contribution in [2.24, 2.45) is 0 Å². The van der Waals surface area contributed by atoms with Crippen LogP contribution in [0, 0.1) is 0 Å². The van der Waals surface area contributed by atoms with Crippen LogP contribution in [0.3, 0.4) is 0 Å². The van der Waals surface area contributed by atoms with Crippen molar-refractivity contribution in [1.29, 1.82) is 0 Å². The summed E-state index contributed by atoms with van der Waals surface area (Å²) in [5, 5.41) is 0. The summed E-state index contributed by atoms with van der Waals surface area (Å²) in [7, 11) is 4.38. The monoisotopic (exact) mass is 188 g/mol. The molecule has 0 unspecified atom stereocenters. The van der Waals surface area contributed by atoms with Crippen LogP contribution in [0.5, 0.6) is 0 Å². The second-order valence-electron chi connectivity index (χ2n) is 4.45. The molecular formula is C12H16N2. The number of rotatable bonds is 0. The fraction of sp³-hybridized carbons (Fsp3) is 0.500. The predicted octanol–water partition coefficient (Wildman–Crippen LogP) is 1.67. The van der Waals surface area contributed by atoms with Gasteiger partial charge in [-0.3, -0.25) is 0 Å². The fourth-order valence-corrected chi connectivity index (χ4v) is 2.59. The maximum absolute atomic E-state index is 2.39. The highest BCUT2D eigenvalue weighted by Gasteiger charge is 2.22. The Kier molecular flexibility index (Phi) is 1.55. The molecule has 2 heterocycles. The Labute approximate surface area is 85.1 Å². The molecule has 0 fully saturated rings. The molecular weight excluding hydrogens is 172 g/mol. The van der Waals surface area contributed by atoms with Crippen molar-refractivity contribution in [3.05, 3.63) is 23.3 Å². The number of benzene rings is 1. The molecule has 1 aromatic rings. The van der Waals surface area contributed by atoms with E-state index in [0.29, 0.717) is 0 Å². The third-order valence-corrected chi connectivity index (χ3v) is 3.54. The van der Waals surface area contributed by atoms with Crippen LogP contribution in [0.25, 0.3) is 0 Å². The summed E-state index contributed by atoms with van der Waals surface area (Å²) in [6, 6.07) is 4.78. The molecule has 14 heavy (non-hydrogen) atoms. The van der Waals surface area contributed by atoms with E-state index in [2.05, 4.69) is 36.0 Å². The van der Waals surface area contributed by atoms with Crippen LogP contribution in [0.2, 0.25) is 0 Å². The topological polar surface area (TPSA) is 6.48 Å². The maximum Gasteiger partial charge on any atom is 0.0401 e. The molecule has 0 aromatic heterocycles. The van der Waals surface area contributed by atoms with Crippen LogP contribution in [-0.2, 0) is 12.8 Å². The second-order valence-corrected chi connectivity index (χ2v) is 4.45. The number of fused-ring (bicyclic) bond motifs is 2. The Morgan fingerprint density at radius 2 is 1.29 bits per heavy atom. The first-order valence-corrected chi connectivity index (χ1v) is 5.34. The summed E-state index contributed by atoms with van der Waals surface area (Å²) in [5.41, 5.74) is 5.97. The van der Waals surface area contributed by atoms with Gasteiger partial charge in [0.2, 0.25) is 0 Å². The van der Waals surface area contributed by atoms with Crippen LogP contribution in [0.1, 0.15) is 11.1 Å². The molecule has 74 valence electrons. The summed E-state index contributed by atoms with van der Waals surface area (Å²) >= 11 is 0. The van der Waals surface area contributed by atoms with Gasteiger partial charge in [0.15, 0.2) is 0 Å². The number of likely N-dealkylation sites (N-methyl/N-ethyl adjacent to an activating group) is 2. The summed E-state index contributed by atoms with van der Waals surface area (Å²) in [6.45, 7) is 2.36. The lowest BCUT2D eigenvalue weighted by atomic mass is 10.1. The SMILES string of the molecule is CN1CCc2cc3c(cc21)CCN3C. The largest absolute Gasteiger partial charge is 0.374 e. The van der Waals surface area contributed by atoms with E-state index in [9.17, 15) is 0 Å². The van der Waals surface area contributed by atoms with Gasteiger partial charge in [-0.15, -0.1) is 0 Å². The standard InChI is InChI=1S/C12H16N2/c1-13-5-3-9-8-12-10(7-11(9)13)4-6-14(12)2/h7-8H,3-6H2,1-2H3. The Morgan fingerprint density at radius 3 is 1.71 bits per heavy atom. The van der Waals surface area contributed by atoms with Gasteiger partial charge in [-0.25, -0.2) is 0 Å². The molecule has 0 atom stereocenters. The normalized spacial score (nSPS) is 18.7. The van der Waals surface area contributed by atoms with Crippen LogP contribution in [0.15, 0.2) is 12.1 Å². The van der Waals surface area contributed by atoms with Gasteiger partial charge in [0.25, 0.3) is 0 Å². The van der Waals surface area contributed by atoms with E-state index >= 15 is 0 Å². The molecule has 0 bridgehead atoms. The highest BCUT2D eigenvalue weighted by molar-refractivity contribution is 5.70. The van der Waals surface area contributed by atoms with Gasteiger partial charge in [0.05, 0.1) is 0 Å². The zero-order valence-electron chi connectivity index (χ0n) is 8.88. The summed E-state index contributed by atoms with van der Waals surface area (Å²) in [4.78, 5) is 4.74. The molecule has 0 saturated heterocycles. The van der Waals surface area contributed by atoms with Crippen molar-refractivity contribution < 1.29 is 0 Å². The quantitative estimate of drug-likeness (QED) is 0.611. The first kappa shape index (κ1) is 8.16. The van der Waals surface area contributed by atoms with Gasteiger partial charge < -0.3 is 9.80 Å². The van der Waals surface area contributed by atoms with Crippen molar-refractivity contribution in [3.8, 4) is 0 Å². The van der Waals surface area contributed by atoms with Crippen molar-refractivity contribution in [2.45, 2.75) is 12.8 Å². The smallest absolute Gasteiger partial charge is 0.0401 e. The zero-order valence-corrected chi connectivity index (χ0v) is 8.88. The highest BCUT2D eigenvalue weighted by Crippen LogP contribution is 2.36. The Balaban J connectivity index is 2.15. The lowest BCUT2D eigenvalue weighted by Gasteiger charge is -2.15. The molecule has 0 N–H and O–H groups in total. The van der Waals surface area contributed by atoms with Gasteiger partial charge in [-0.2, -0.15) is 0 Å². The summed E-state index contributed by atoms with van der Waals surface area (Å²) in [6.07, 6.45) is 2.43. The molecule has 3 rings (SSSR count). The predicted molar refractivity (Wildman–Crippen MR) is 60.4 cm³/mol. The molecule has 0 aliphatic carbocycles. The number of nitrogens with zero attached hydrogens (tertiary/aromatic N) is 2. The number of hydrogen-bond acceptors (Lipinski definition) is 2. The fourth-order valence-electron chi connectivity index (χ4n) is 2.59. The lowest BCUT2D eigenvalue weighted by Crippen LogP contribution is -2.12. The summed E-state index contributed by atoms with van der Waals surface area (Å²) in [5.74, 6) is 0. The summed E-state index contributed by atoms with van der Waals surface area (Å²) < 4.78 is 0. The van der Waals surface area contributed by atoms with Crippen molar-refractivity contribution in [2.75, 3.05) is 37.0 Å². The maximum atomic E-state index is 2.39. The Hall–Kier alpha value is -1.18. The Morgan fingerprint density at radius 1 is 0.857 bits per heavy atom. The van der Waals surface area contributed by atoms with Crippen LogP contribution in [-0.4, -0.2) is 27.2 Å². The third kappa shape index (κ3) is 0.969. The molecule has 0 radical (unpaired) electrons. The number of anilines is 2. The van der Waals surface area contributed by atoms with E-state index in [1.54, 1.807) is 0 Å². The van der Waals surface area contributed by atoms with Gasteiger partial charge in [0.1, 0.15) is 0 Å². The second kappa shape index (κ2) is 2.66. The lowest BCUT2D eigenvalue weighted by molar-refractivity contribution is 0.943. The molecule has 2 aliphatic rings. The van der Waals surface area contributed by atoms with Crippen LogP contribution < -0.4 is 9.80 Å². The van der Waals surface area contributed by atoms with E-state index in [0.717, 1.165) is 0 Å². The zero-order chi connectivity index (χ0) is 9.71.